The predicted molar refractivity (Wildman–Crippen MR) is 88.3 cm³/mol. The maximum atomic E-state index is 12.7. The van der Waals surface area contributed by atoms with E-state index in [0.29, 0.717) is 21.6 Å². The predicted octanol–water partition coefficient (Wildman–Crippen LogP) is 1.33. The Labute approximate surface area is 135 Å². The molecule has 4 rings (SSSR count). The van der Waals surface area contributed by atoms with Crippen LogP contribution in [0.15, 0.2) is 54.8 Å². The molecule has 0 saturated carbocycles. The van der Waals surface area contributed by atoms with E-state index in [9.17, 15) is 14.4 Å². The van der Waals surface area contributed by atoms with Crippen molar-refractivity contribution in [3.8, 4) is 0 Å². The quantitative estimate of drug-likeness (QED) is 0.526. The van der Waals surface area contributed by atoms with Gasteiger partial charge in [0.1, 0.15) is 22.1 Å². The van der Waals surface area contributed by atoms with Gasteiger partial charge in [0.05, 0.1) is 0 Å². The van der Waals surface area contributed by atoms with Crippen LogP contribution in [0, 0.1) is 0 Å². The highest BCUT2D eigenvalue weighted by atomic mass is 16.4. The third kappa shape index (κ3) is 2.31. The van der Waals surface area contributed by atoms with E-state index < -0.39 is 17.0 Å². The fraction of sp³-hybridized carbons (Fsp3) is 0.105. The maximum absolute atomic E-state index is 12.7. The Morgan fingerprint density at radius 3 is 2.46 bits per heavy atom. The van der Waals surface area contributed by atoms with Gasteiger partial charge in [-0.25, -0.2) is 9.59 Å². The van der Waals surface area contributed by atoms with Crippen LogP contribution >= 0.6 is 0 Å². The minimum absolute atomic E-state index is 0.164. The van der Waals surface area contributed by atoms with Crippen molar-refractivity contribution in [2.24, 2.45) is 0 Å². The molecule has 0 radical (unpaired) electrons. The summed E-state index contributed by atoms with van der Waals surface area (Å²) < 4.78 is 10.4. The molecule has 1 aliphatic carbocycles. The number of carbonyl (C=O) groups is 1. The van der Waals surface area contributed by atoms with Gasteiger partial charge in [0.15, 0.2) is 0 Å². The Kier molecular flexibility index (Phi) is 3.27. The van der Waals surface area contributed by atoms with E-state index in [1.54, 1.807) is 24.3 Å². The molecule has 1 aromatic carbocycles. The Morgan fingerprint density at radius 1 is 0.875 bits per heavy atom. The molecule has 0 spiro atoms. The van der Waals surface area contributed by atoms with Crippen LogP contribution in [0.4, 0.5) is 0 Å². The summed E-state index contributed by atoms with van der Waals surface area (Å²) >= 11 is 0. The van der Waals surface area contributed by atoms with E-state index in [1.807, 2.05) is 12.2 Å². The van der Waals surface area contributed by atoms with Crippen LogP contribution in [0.5, 0.6) is 0 Å². The minimum Gasteiger partial charge on any atom is -0.423 e. The number of fused-ring (bicyclic) bond motifs is 2. The molecule has 24 heavy (non-hydrogen) atoms. The number of benzene rings is 1. The molecule has 2 heterocycles. The molecular weight excluding hydrogens is 308 g/mol. The average molecular weight is 320 g/mol. The average Bonchev–Trinajstić information content (AvgIpc) is 2.60. The number of para-hydroxylation sites is 1. The molecule has 118 valence electrons. The first-order valence-electron chi connectivity index (χ1n) is 7.55. The number of ketones is 1. The minimum atomic E-state index is -0.772. The zero-order valence-electron chi connectivity index (χ0n) is 12.6. The summed E-state index contributed by atoms with van der Waals surface area (Å²) in [6, 6.07) is 9.80. The molecule has 0 saturated heterocycles. The molecule has 1 aliphatic rings. The summed E-state index contributed by atoms with van der Waals surface area (Å²) in [7, 11) is 0. The number of hydrogen-bond donors (Lipinski definition) is 0. The standard InChI is InChI=1S/C19H12O5/c20-17(13-9-11-5-1-3-7-15(11)23-18(13)21)14-10-12-6-2-4-8-16(12)24-19(14)22/h1,3,5-10H,2,4H2. The van der Waals surface area contributed by atoms with E-state index in [-0.39, 0.29) is 11.1 Å². The van der Waals surface area contributed by atoms with Gasteiger partial charge in [-0.15, -0.1) is 0 Å². The van der Waals surface area contributed by atoms with E-state index >= 15 is 0 Å². The van der Waals surface area contributed by atoms with Crippen molar-refractivity contribution in [1.29, 1.82) is 0 Å². The second-order valence-corrected chi connectivity index (χ2v) is 5.57. The smallest absolute Gasteiger partial charge is 0.347 e. The van der Waals surface area contributed by atoms with Gasteiger partial charge in [0, 0.05) is 10.6 Å². The van der Waals surface area contributed by atoms with Gasteiger partial charge in [0.2, 0.25) is 5.78 Å². The molecule has 0 N–H and O–H groups in total. The molecule has 3 aromatic rings. The SMILES string of the molecule is O=C(c1cc2c(oc1=O)=CCCC=2)c1cc2ccccc2oc1=O. The summed E-state index contributed by atoms with van der Waals surface area (Å²) in [6.45, 7) is 0. The molecule has 0 aliphatic heterocycles. The zero-order chi connectivity index (χ0) is 16.7. The van der Waals surface area contributed by atoms with Gasteiger partial charge in [0.25, 0.3) is 0 Å². The van der Waals surface area contributed by atoms with Crippen molar-refractivity contribution in [2.45, 2.75) is 12.8 Å². The first-order chi connectivity index (χ1) is 11.6. The largest absolute Gasteiger partial charge is 0.423 e. The highest BCUT2D eigenvalue weighted by Gasteiger charge is 2.20. The van der Waals surface area contributed by atoms with Gasteiger partial charge in [-0.05, 0) is 37.1 Å². The van der Waals surface area contributed by atoms with Crippen LogP contribution in [0.1, 0.15) is 28.8 Å². The van der Waals surface area contributed by atoms with Gasteiger partial charge >= 0.3 is 11.3 Å². The lowest BCUT2D eigenvalue weighted by Gasteiger charge is -2.03. The molecule has 0 atom stereocenters. The van der Waals surface area contributed by atoms with Crippen LogP contribution in [-0.2, 0) is 0 Å². The van der Waals surface area contributed by atoms with Gasteiger partial charge in [-0.3, -0.25) is 4.79 Å². The molecule has 0 amide bonds. The Bertz CT molecular complexity index is 1210. The molecule has 5 heteroatoms. The van der Waals surface area contributed by atoms with Crippen molar-refractivity contribution in [1.82, 2.24) is 0 Å². The fourth-order valence-electron chi connectivity index (χ4n) is 2.80. The third-order valence-corrected chi connectivity index (χ3v) is 4.00. The van der Waals surface area contributed by atoms with Gasteiger partial charge < -0.3 is 8.83 Å². The molecule has 2 aromatic heterocycles. The van der Waals surface area contributed by atoms with Crippen LogP contribution in [0.3, 0.4) is 0 Å². The van der Waals surface area contributed by atoms with Crippen molar-refractivity contribution in [3.63, 3.8) is 0 Å². The normalized spacial score (nSPS) is 13.0. The maximum Gasteiger partial charge on any atom is 0.347 e. The highest BCUT2D eigenvalue weighted by molar-refractivity contribution is 6.09. The summed E-state index contributed by atoms with van der Waals surface area (Å²) in [5.74, 6) is -0.690. The van der Waals surface area contributed by atoms with Crippen LogP contribution in [0.25, 0.3) is 23.1 Å². The van der Waals surface area contributed by atoms with E-state index in [2.05, 4.69) is 0 Å². The van der Waals surface area contributed by atoms with Crippen LogP contribution in [-0.4, -0.2) is 5.78 Å². The molecule has 0 bridgehead atoms. The van der Waals surface area contributed by atoms with Crippen LogP contribution < -0.4 is 21.9 Å². The van der Waals surface area contributed by atoms with Crippen molar-refractivity contribution >= 4 is 28.9 Å². The summed E-state index contributed by atoms with van der Waals surface area (Å²) in [5, 5.41) is 1.30. The third-order valence-electron chi connectivity index (χ3n) is 4.00. The first-order valence-corrected chi connectivity index (χ1v) is 7.55. The van der Waals surface area contributed by atoms with E-state index in [1.165, 1.54) is 12.1 Å². The number of carbonyl (C=O) groups excluding carboxylic acids is 1. The van der Waals surface area contributed by atoms with Crippen molar-refractivity contribution in [2.75, 3.05) is 0 Å². The molecular formula is C19H12O5. The van der Waals surface area contributed by atoms with Gasteiger partial charge in [-0.2, -0.15) is 0 Å². The zero-order valence-corrected chi connectivity index (χ0v) is 12.6. The number of hydrogen-bond acceptors (Lipinski definition) is 5. The highest BCUT2D eigenvalue weighted by Crippen LogP contribution is 2.14. The Morgan fingerprint density at radius 2 is 1.58 bits per heavy atom. The second kappa shape index (κ2) is 5.45. The Balaban J connectivity index is 1.93. The van der Waals surface area contributed by atoms with Crippen molar-refractivity contribution < 1.29 is 13.6 Å². The van der Waals surface area contributed by atoms with Crippen molar-refractivity contribution in [3.05, 3.63) is 79.0 Å². The van der Waals surface area contributed by atoms with Gasteiger partial charge in [-0.1, -0.05) is 24.3 Å². The summed E-state index contributed by atoms with van der Waals surface area (Å²) in [6.07, 6.45) is 5.32. The Hall–Kier alpha value is -3.21. The monoisotopic (exact) mass is 320 g/mol. The first kappa shape index (κ1) is 14.4. The molecule has 5 nitrogen and oxygen atoms in total. The van der Waals surface area contributed by atoms with E-state index in [4.69, 9.17) is 8.83 Å². The lowest BCUT2D eigenvalue weighted by atomic mass is 10.0. The van der Waals surface area contributed by atoms with E-state index in [0.717, 1.165) is 12.8 Å². The number of rotatable bonds is 2. The molecule has 0 unspecified atom stereocenters. The lowest BCUT2D eigenvalue weighted by Crippen LogP contribution is -2.34. The fourth-order valence-corrected chi connectivity index (χ4v) is 2.80. The summed E-state index contributed by atoms with van der Waals surface area (Å²) in [4.78, 5) is 36.9. The molecule has 0 fully saturated rings. The summed E-state index contributed by atoms with van der Waals surface area (Å²) in [5.41, 5.74) is -1.01. The lowest BCUT2D eigenvalue weighted by molar-refractivity contribution is 0.103. The van der Waals surface area contributed by atoms with Crippen LogP contribution in [0.2, 0.25) is 0 Å². The topological polar surface area (TPSA) is 77.5 Å². The second-order valence-electron chi connectivity index (χ2n) is 5.57.